The van der Waals surface area contributed by atoms with E-state index in [1.54, 1.807) is 12.1 Å². The third-order valence-corrected chi connectivity index (χ3v) is 2.59. The third kappa shape index (κ3) is 3.15. The Morgan fingerprint density at radius 1 is 1.47 bits per heavy atom. The largest absolute Gasteiger partial charge is 0.317 e. The topological polar surface area (TPSA) is 70.7 Å². The summed E-state index contributed by atoms with van der Waals surface area (Å²) in [5.74, 6) is -0.340. The van der Waals surface area contributed by atoms with E-state index in [1.807, 2.05) is 13.8 Å². The highest BCUT2D eigenvalue weighted by atomic mass is 19.1. The Labute approximate surface area is 110 Å². The van der Waals surface area contributed by atoms with Crippen molar-refractivity contribution in [2.75, 3.05) is 5.32 Å². The smallest absolute Gasteiger partial charge is 0.295 e. The maximum atomic E-state index is 13.5. The van der Waals surface area contributed by atoms with E-state index in [4.69, 9.17) is 0 Å². The Hall–Kier alpha value is -2.24. The summed E-state index contributed by atoms with van der Waals surface area (Å²) in [6.45, 7) is 3.83. The van der Waals surface area contributed by atoms with Gasteiger partial charge in [-0.05, 0) is 31.0 Å². The Morgan fingerprint density at radius 2 is 2.26 bits per heavy atom. The van der Waals surface area contributed by atoms with E-state index in [1.165, 1.54) is 6.07 Å². The summed E-state index contributed by atoms with van der Waals surface area (Å²) in [6.07, 6.45) is 1.63. The van der Waals surface area contributed by atoms with Crippen LogP contribution in [0.15, 0.2) is 18.2 Å². The maximum absolute atomic E-state index is 13.5. The van der Waals surface area contributed by atoms with Crippen molar-refractivity contribution in [3.8, 4) is 0 Å². The van der Waals surface area contributed by atoms with Crippen LogP contribution in [0.1, 0.15) is 35.4 Å². The molecule has 100 valence electrons. The van der Waals surface area contributed by atoms with E-state index in [0.29, 0.717) is 5.82 Å². The van der Waals surface area contributed by atoms with Gasteiger partial charge in [-0.15, -0.1) is 5.10 Å². The van der Waals surface area contributed by atoms with E-state index in [2.05, 4.69) is 20.5 Å². The highest BCUT2D eigenvalue weighted by Gasteiger charge is 2.14. The predicted octanol–water partition coefficient (Wildman–Crippen LogP) is 2.46. The minimum absolute atomic E-state index is 0.0179. The van der Waals surface area contributed by atoms with E-state index in [-0.39, 0.29) is 11.5 Å². The van der Waals surface area contributed by atoms with Crippen molar-refractivity contribution in [2.24, 2.45) is 0 Å². The van der Waals surface area contributed by atoms with Crippen LogP contribution in [-0.2, 0) is 6.42 Å². The number of nitrogens with one attached hydrogen (secondary N) is 2. The quantitative estimate of drug-likeness (QED) is 0.889. The summed E-state index contributed by atoms with van der Waals surface area (Å²) in [5.41, 5.74) is 0.991. The van der Waals surface area contributed by atoms with Crippen LogP contribution in [-0.4, -0.2) is 21.1 Å². The van der Waals surface area contributed by atoms with Crippen LogP contribution in [0.2, 0.25) is 0 Å². The summed E-state index contributed by atoms with van der Waals surface area (Å²) in [4.78, 5) is 15.9. The van der Waals surface area contributed by atoms with E-state index in [0.717, 1.165) is 18.4 Å². The Balaban J connectivity index is 2.13. The number of aromatic amines is 1. The number of rotatable bonds is 4. The number of nitrogens with zero attached hydrogens (tertiary/aromatic N) is 2. The minimum Gasteiger partial charge on any atom is -0.317 e. The minimum atomic E-state index is -0.525. The van der Waals surface area contributed by atoms with Crippen LogP contribution < -0.4 is 5.32 Å². The van der Waals surface area contributed by atoms with Crippen LogP contribution in [0.25, 0.3) is 0 Å². The average Bonchev–Trinajstić information content (AvgIpc) is 2.83. The molecule has 6 heteroatoms. The molecule has 1 heterocycles. The first-order valence-electron chi connectivity index (χ1n) is 6.09. The van der Waals surface area contributed by atoms with Crippen molar-refractivity contribution < 1.29 is 9.18 Å². The molecule has 0 radical (unpaired) electrons. The van der Waals surface area contributed by atoms with Gasteiger partial charge in [0, 0.05) is 6.42 Å². The Morgan fingerprint density at radius 3 is 3.00 bits per heavy atom. The number of halogens is 1. The monoisotopic (exact) mass is 262 g/mol. The molecular formula is C13H15FN4O. The second-order valence-corrected chi connectivity index (χ2v) is 4.29. The molecule has 0 atom stereocenters. The molecule has 0 aliphatic rings. The number of amides is 1. The lowest BCUT2D eigenvalue weighted by atomic mass is 10.2. The summed E-state index contributed by atoms with van der Waals surface area (Å²) in [5, 5.41) is 8.96. The summed E-state index contributed by atoms with van der Waals surface area (Å²) in [6, 6.07) is 4.51. The standard InChI is InChI=1S/C13H15FN4O/c1-3-4-11-16-12(18-17-11)13(19)15-10-7-8(2)5-6-9(10)14/h5-7H,3-4H2,1-2H3,(H,15,19)(H,16,17,18). The SMILES string of the molecule is CCCc1nc(C(=O)Nc2cc(C)ccc2F)n[nH]1. The molecule has 0 aliphatic heterocycles. The van der Waals surface area contributed by atoms with E-state index >= 15 is 0 Å². The molecule has 0 bridgehead atoms. The third-order valence-electron chi connectivity index (χ3n) is 2.59. The molecule has 0 saturated heterocycles. The normalized spacial score (nSPS) is 10.5. The molecule has 2 rings (SSSR count). The molecule has 0 unspecified atom stereocenters. The van der Waals surface area contributed by atoms with Crippen LogP contribution >= 0.6 is 0 Å². The fraction of sp³-hybridized carbons (Fsp3) is 0.308. The summed E-state index contributed by atoms with van der Waals surface area (Å²) >= 11 is 0. The fourth-order valence-electron chi connectivity index (χ4n) is 1.66. The molecule has 0 aliphatic carbocycles. The molecule has 2 aromatic rings. The zero-order valence-corrected chi connectivity index (χ0v) is 10.8. The van der Waals surface area contributed by atoms with Crippen LogP contribution in [0, 0.1) is 12.7 Å². The second-order valence-electron chi connectivity index (χ2n) is 4.29. The fourth-order valence-corrected chi connectivity index (χ4v) is 1.66. The highest BCUT2D eigenvalue weighted by Crippen LogP contribution is 2.16. The number of benzene rings is 1. The molecule has 0 spiro atoms. The van der Waals surface area contributed by atoms with Gasteiger partial charge in [-0.25, -0.2) is 9.37 Å². The first kappa shape index (κ1) is 13.2. The molecule has 1 aromatic heterocycles. The molecule has 1 aromatic carbocycles. The van der Waals surface area contributed by atoms with Gasteiger partial charge in [-0.3, -0.25) is 9.89 Å². The lowest BCUT2D eigenvalue weighted by Crippen LogP contribution is -2.15. The number of carbonyl (C=O) groups excluding carboxylic acids is 1. The highest BCUT2D eigenvalue weighted by molar-refractivity contribution is 6.01. The van der Waals surface area contributed by atoms with Crippen molar-refractivity contribution in [1.82, 2.24) is 15.2 Å². The van der Waals surface area contributed by atoms with Gasteiger partial charge in [0.1, 0.15) is 11.6 Å². The first-order chi connectivity index (χ1) is 9.10. The Bertz CT molecular complexity index is 594. The van der Waals surface area contributed by atoms with Crippen molar-refractivity contribution in [3.63, 3.8) is 0 Å². The average molecular weight is 262 g/mol. The maximum Gasteiger partial charge on any atom is 0.295 e. The van der Waals surface area contributed by atoms with Crippen LogP contribution in [0.4, 0.5) is 10.1 Å². The number of anilines is 1. The van der Waals surface area contributed by atoms with Gasteiger partial charge < -0.3 is 5.32 Å². The first-order valence-corrected chi connectivity index (χ1v) is 6.09. The predicted molar refractivity (Wildman–Crippen MR) is 69.5 cm³/mol. The van der Waals surface area contributed by atoms with Gasteiger partial charge in [0.15, 0.2) is 0 Å². The van der Waals surface area contributed by atoms with Gasteiger partial charge in [-0.1, -0.05) is 13.0 Å². The molecule has 1 amide bonds. The van der Waals surface area contributed by atoms with E-state index in [9.17, 15) is 9.18 Å². The van der Waals surface area contributed by atoms with E-state index < -0.39 is 11.7 Å². The van der Waals surface area contributed by atoms with Gasteiger partial charge in [-0.2, -0.15) is 0 Å². The summed E-state index contributed by atoms with van der Waals surface area (Å²) in [7, 11) is 0. The number of hydrogen-bond donors (Lipinski definition) is 2. The number of aromatic nitrogens is 3. The number of carbonyl (C=O) groups is 1. The van der Waals surface area contributed by atoms with Gasteiger partial charge in [0.05, 0.1) is 5.69 Å². The number of aryl methyl sites for hydroxylation is 2. The van der Waals surface area contributed by atoms with Crippen LogP contribution in [0.5, 0.6) is 0 Å². The number of H-pyrrole nitrogens is 1. The number of hydrogen-bond acceptors (Lipinski definition) is 3. The molecular weight excluding hydrogens is 247 g/mol. The molecule has 2 N–H and O–H groups in total. The lowest BCUT2D eigenvalue weighted by molar-refractivity contribution is 0.101. The van der Waals surface area contributed by atoms with Crippen molar-refractivity contribution >= 4 is 11.6 Å². The van der Waals surface area contributed by atoms with Crippen molar-refractivity contribution in [3.05, 3.63) is 41.2 Å². The Kier molecular flexibility index (Phi) is 3.89. The molecule has 0 saturated carbocycles. The summed E-state index contributed by atoms with van der Waals surface area (Å²) < 4.78 is 13.5. The van der Waals surface area contributed by atoms with Gasteiger partial charge >= 0.3 is 0 Å². The second kappa shape index (κ2) is 5.60. The van der Waals surface area contributed by atoms with Gasteiger partial charge in [0.25, 0.3) is 5.91 Å². The van der Waals surface area contributed by atoms with Crippen LogP contribution in [0.3, 0.4) is 0 Å². The zero-order chi connectivity index (χ0) is 13.8. The molecule has 5 nitrogen and oxygen atoms in total. The molecule has 0 fully saturated rings. The zero-order valence-electron chi connectivity index (χ0n) is 10.8. The van der Waals surface area contributed by atoms with Gasteiger partial charge in [0.2, 0.25) is 5.82 Å². The molecule has 19 heavy (non-hydrogen) atoms. The lowest BCUT2D eigenvalue weighted by Gasteiger charge is -2.04. The van der Waals surface area contributed by atoms with Crippen molar-refractivity contribution in [1.29, 1.82) is 0 Å². The van der Waals surface area contributed by atoms with Crippen molar-refractivity contribution in [2.45, 2.75) is 26.7 Å².